The number of amides is 1. The zero-order chi connectivity index (χ0) is 22.2. The molecular weight excluding hydrogens is 402 g/mol. The van der Waals surface area contributed by atoms with E-state index in [1.54, 1.807) is 36.6 Å². The Bertz CT molecular complexity index is 1470. The summed E-state index contributed by atoms with van der Waals surface area (Å²) in [6.45, 7) is 4.02. The first-order valence-electron chi connectivity index (χ1n) is 10.4. The lowest BCUT2D eigenvalue weighted by Gasteiger charge is -2.07. The first-order valence-corrected chi connectivity index (χ1v) is 10.4. The molecule has 5 rings (SSSR count). The maximum absolute atomic E-state index is 13.1. The van der Waals surface area contributed by atoms with Gasteiger partial charge in [0.1, 0.15) is 11.2 Å². The summed E-state index contributed by atoms with van der Waals surface area (Å²) in [5, 5.41) is 4.55. The largest absolute Gasteiger partial charge is 0.464 e. The minimum Gasteiger partial charge on any atom is -0.464 e. The van der Waals surface area contributed by atoms with Crippen molar-refractivity contribution < 1.29 is 18.4 Å². The highest BCUT2D eigenvalue weighted by atomic mass is 16.3. The molecule has 0 saturated carbocycles. The lowest BCUT2D eigenvalue weighted by atomic mass is 10.0. The summed E-state index contributed by atoms with van der Waals surface area (Å²) < 4.78 is 11.6. The van der Waals surface area contributed by atoms with Crippen molar-refractivity contribution in [2.24, 2.45) is 0 Å². The Labute approximate surface area is 184 Å². The van der Waals surface area contributed by atoms with Crippen LogP contribution in [0.3, 0.4) is 0 Å². The number of carbonyl (C=O) groups excluding carboxylic acids is 2. The van der Waals surface area contributed by atoms with E-state index in [0.29, 0.717) is 22.2 Å². The number of carbonyl (C=O) groups is 2. The summed E-state index contributed by atoms with van der Waals surface area (Å²) in [6, 6.07) is 20.2. The molecule has 0 radical (unpaired) electrons. The standard InChI is InChI=1S/C27H21NO4/c1-16-12-17(2)24-19(15-31-22(24)13-16)14-23(29)28-25-20-10-6-7-11-21(20)32-27(25)26(30)18-8-4-3-5-9-18/h3-13,15H,14H2,1-2H3,(H,28,29). The normalized spacial score (nSPS) is 11.2. The Morgan fingerprint density at radius 1 is 0.906 bits per heavy atom. The molecule has 0 bridgehead atoms. The highest BCUT2D eigenvalue weighted by Crippen LogP contribution is 2.33. The Hall–Kier alpha value is -4.12. The molecule has 1 N–H and O–H groups in total. The Morgan fingerprint density at radius 3 is 2.47 bits per heavy atom. The van der Waals surface area contributed by atoms with Crippen LogP contribution in [-0.4, -0.2) is 11.7 Å². The average Bonchev–Trinajstić information content (AvgIpc) is 3.35. The van der Waals surface area contributed by atoms with Crippen LogP contribution >= 0.6 is 0 Å². The van der Waals surface area contributed by atoms with E-state index in [9.17, 15) is 9.59 Å². The second-order valence-corrected chi connectivity index (χ2v) is 7.94. The van der Waals surface area contributed by atoms with E-state index in [1.807, 2.05) is 44.2 Å². The highest BCUT2D eigenvalue weighted by molar-refractivity contribution is 6.17. The monoisotopic (exact) mass is 423 g/mol. The second-order valence-electron chi connectivity index (χ2n) is 7.94. The fourth-order valence-electron chi connectivity index (χ4n) is 4.16. The Balaban J connectivity index is 1.50. The third kappa shape index (κ3) is 3.48. The molecule has 158 valence electrons. The fraction of sp³-hybridized carbons (Fsp3) is 0.111. The molecule has 3 aromatic carbocycles. The zero-order valence-electron chi connectivity index (χ0n) is 17.8. The van der Waals surface area contributed by atoms with Gasteiger partial charge in [-0.25, -0.2) is 0 Å². The van der Waals surface area contributed by atoms with Gasteiger partial charge in [-0.15, -0.1) is 0 Å². The van der Waals surface area contributed by atoms with Crippen molar-refractivity contribution in [1.29, 1.82) is 0 Å². The topological polar surface area (TPSA) is 72.5 Å². The first kappa shape index (κ1) is 19.8. The van der Waals surface area contributed by atoms with E-state index in [4.69, 9.17) is 8.83 Å². The maximum Gasteiger partial charge on any atom is 0.230 e. The molecular formula is C27H21NO4. The SMILES string of the molecule is Cc1cc(C)c2c(CC(=O)Nc3c(C(=O)c4ccccc4)oc4ccccc34)coc2c1. The number of para-hydroxylation sites is 1. The number of ketones is 1. The molecule has 0 aliphatic carbocycles. The van der Waals surface area contributed by atoms with Crippen molar-refractivity contribution in [3.63, 3.8) is 0 Å². The smallest absolute Gasteiger partial charge is 0.230 e. The molecule has 5 nitrogen and oxygen atoms in total. The summed E-state index contributed by atoms with van der Waals surface area (Å²) >= 11 is 0. The average molecular weight is 423 g/mol. The third-order valence-corrected chi connectivity index (χ3v) is 5.55. The molecule has 0 unspecified atom stereocenters. The van der Waals surface area contributed by atoms with E-state index in [2.05, 4.69) is 11.4 Å². The van der Waals surface area contributed by atoms with Crippen LogP contribution in [0.2, 0.25) is 0 Å². The van der Waals surface area contributed by atoms with Gasteiger partial charge in [-0.05, 0) is 43.2 Å². The molecule has 0 atom stereocenters. The van der Waals surface area contributed by atoms with Crippen molar-refractivity contribution in [2.45, 2.75) is 20.3 Å². The van der Waals surface area contributed by atoms with Crippen LogP contribution in [-0.2, 0) is 11.2 Å². The predicted octanol–water partition coefficient (Wildman–Crippen LogP) is 6.21. The first-order chi connectivity index (χ1) is 15.5. The molecule has 0 aliphatic heterocycles. The van der Waals surface area contributed by atoms with Crippen LogP contribution in [0.4, 0.5) is 5.69 Å². The summed E-state index contributed by atoms with van der Waals surface area (Å²) in [4.78, 5) is 26.2. The number of nitrogens with one attached hydrogen (secondary N) is 1. The molecule has 2 heterocycles. The van der Waals surface area contributed by atoms with Gasteiger partial charge < -0.3 is 14.2 Å². The van der Waals surface area contributed by atoms with Crippen LogP contribution in [0, 0.1) is 13.8 Å². The van der Waals surface area contributed by atoms with Gasteiger partial charge in [-0.2, -0.15) is 0 Å². The van der Waals surface area contributed by atoms with E-state index in [0.717, 1.165) is 27.7 Å². The summed E-state index contributed by atoms with van der Waals surface area (Å²) in [6.07, 6.45) is 1.75. The van der Waals surface area contributed by atoms with Crippen molar-refractivity contribution in [3.8, 4) is 0 Å². The molecule has 1 amide bonds. The van der Waals surface area contributed by atoms with Crippen molar-refractivity contribution >= 4 is 39.3 Å². The van der Waals surface area contributed by atoms with Crippen LogP contribution in [0.1, 0.15) is 32.8 Å². The van der Waals surface area contributed by atoms with E-state index >= 15 is 0 Å². The van der Waals surface area contributed by atoms with Gasteiger partial charge in [-0.3, -0.25) is 9.59 Å². The van der Waals surface area contributed by atoms with Crippen LogP contribution < -0.4 is 5.32 Å². The third-order valence-electron chi connectivity index (χ3n) is 5.55. The summed E-state index contributed by atoms with van der Waals surface area (Å²) in [5.41, 5.74) is 5.16. The number of hydrogen-bond donors (Lipinski definition) is 1. The van der Waals surface area contributed by atoms with Crippen LogP contribution in [0.5, 0.6) is 0 Å². The molecule has 0 saturated heterocycles. The molecule has 0 aliphatic rings. The van der Waals surface area contributed by atoms with Crippen molar-refractivity contribution in [2.75, 3.05) is 5.32 Å². The quantitative estimate of drug-likeness (QED) is 0.341. The highest BCUT2D eigenvalue weighted by Gasteiger charge is 2.24. The molecule has 5 heteroatoms. The van der Waals surface area contributed by atoms with Gasteiger partial charge in [-0.1, -0.05) is 48.5 Å². The zero-order valence-corrected chi connectivity index (χ0v) is 17.8. The van der Waals surface area contributed by atoms with Gasteiger partial charge in [0, 0.05) is 21.9 Å². The van der Waals surface area contributed by atoms with Crippen molar-refractivity contribution in [1.82, 2.24) is 0 Å². The molecule has 32 heavy (non-hydrogen) atoms. The van der Waals surface area contributed by atoms with Crippen molar-refractivity contribution in [3.05, 3.63) is 101 Å². The second kappa shape index (κ2) is 7.85. The number of fused-ring (bicyclic) bond motifs is 2. The Morgan fingerprint density at radius 2 is 1.66 bits per heavy atom. The molecule has 2 aromatic heterocycles. The fourth-order valence-corrected chi connectivity index (χ4v) is 4.16. The number of furan rings is 2. The van der Waals surface area contributed by atoms with Gasteiger partial charge in [0.15, 0.2) is 5.76 Å². The minimum atomic E-state index is -0.280. The van der Waals surface area contributed by atoms with Gasteiger partial charge in [0.25, 0.3) is 0 Å². The number of aryl methyl sites for hydroxylation is 2. The number of benzene rings is 3. The van der Waals surface area contributed by atoms with Gasteiger partial charge >= 0.3 is 0 Å². The van der Waals surface area contributed by atoms with E-state index in [-0.39, 0.29) is 23.9 Å². The van der Waals surface area contributed by atoms with Gasteiger partial charge in [0.05, 0.1) is 18.4 Å². The minimum absolute atomic E-state index is 0.120. The van der Waals surface area contributed by atoms with E-state index in [1.165, 1.54) is 0 Å². The lowest BCUT2D eigenvalue weighted by molar-refractivity contribution is -0.115. The number of anilines is 1. The summed E-state index contributed by atoms with van der Waals surface area (Å²) in [5.74, 6) is -0.409. The van der Waals surface area contributed by atoms with Crippen LogP contribution in [0.15, 0.2) is 81.8 Å². The predicted molar refractivity (Wildman–Crippen MR) is 124 cm³/mol. The number of rotatable bonds is 5. The summed E-state index contributed by atoms with van der Waals surface area (Å²) in [7, 11) is 0. The molecule has 0 fully saturated rings. The molecule has 0 spiro atoms. The lowest BCUT2D eigenvalue weighted by Crippen LogP contribution is -2.16. The van der Waals surface area contributed by atoms with E-state index < -0.39 is 0 Å². The van der Waals surface area contributed by atoms with Gasteiger partial charge in [0.2, 0.25) is 11.7 Å². The van der Waals surface area contributed by atoms with Crippen LogP contribution in [0.25, 0.3) is 21.9 Å². The number of hydrogen-bond acceptors (Lipinski definition) is 4. The Kier molecular flexibility index (Phi) is 4.86. The maximum atomic E-state index is 13.1. The molecule has 5 aromatic rings.